The van der Waals surface area contributed by atoms with E-state index in [1.165, 1.54) is 5.56 Å². The number of thiophene rings is 1. The van der Waals surface area contributed by atoms with Crippen LogP contribution in [-0.2, 0) is 5.41 Å². The lowest BCUT2D eigenvalue weighted by Gasteiger charge is -2.20. The van der Waals surface area contributed by atoms with Gasteiger partial charge in [0.2, 0.25) is 11.7 Å². The van der Waals surface area contributed by atoms with Crippen molar-refractivity contribution >= 4 is 17.2 Å². The number of hydrogen-bond acceptors (Lipinski definition) is 5. The van der Waals surface area contributed by atoms with Gasteiger partial charge in [-0.2, -0.15) is 4.98 Å². The highest BCUT2D eigenvalue weighted by Crippen LogP contribution is 2.26. The van der Waals surface area contributed by atoms with E-state index in [0.29, 0.717) is 23.2 Å². The van der Waals surface area contributed by atoms with Crippen LogP contribution in [0.1, 0.15) is 68.9 Å². The fraction of sp³-hybridized carbons (Fsp3) is 0.409. The molecule has 1 unspecified atom stereocenters. The van der Waals surface area contributed by atoms with Crippen molar-refractivity contribution in [1.29, 1.82) is 0 Å². The minimum atomic E-state index is -0.323. The molecule has 0 radical (unpaired) electrons. The normalized spacial score (nSPS) is 12.9. The van der Waals surface area contributed by atoms with Gasteiger partial charge in [-0.05, 0) is 46.9 Å². The summed E-state index contributed by atoms with van der Waals surface area (Å²) in [6.07, 6.45) is 0.720. The Kier molecular flexibility index (Phi) is 5.98. The van der Waals surface area contributed by atoms with Gasteiger partial charge in [0, 0.05) is 5.56 Å². The molecular formula is C22H27N3O2S. The van der Waals surface area contributed by atoms with Crippen molar-refractivity contribution in [2.24, 2.45) is 5.92 Å². The number of benzene rings is 1. The van der Waals surface area contributed by atoms with E-state index in [4.69, 9.17) is 4.52 Å². The van der Waals surface area contributed by atoms with Crippen LogP contribution in [0, 0.1) is 5.92 Å². The largest absolute Gasteiger partial charge is 0.340 e. The Morgan fingerprint density at radius 3 is 2.46 bits per heavy atom. The molecule has 2 heterocycles. The summed E-state index contributed by atoms with van der Waals surface area (Å²) in [5, 5.41) is 9.12. The highest BCUT2D eigenvalue weighted by Gasteiger charge is 2.24. The molecule has 0 saturated carbocycles. The molecule has 1 atom stereocenters. The molecule has 3 rings (SSSR count). The molecule has 0 fully saturated rings. The topological polar surface area (TPSA) is 68.0 Å². The van der Waals surface area contributed by atoms with Crippen molar-refractivity contribution in [2.75, 3.05) is 0 Å². The molecule has 1 aromatic carbocycles. The Bertz CT molecular complexity index is 906. The lowest BCUT2D eigenvalue weighted by molar-refractivity contribution is 0.0922. The molecular weight excluding hydrogens is 370 g/mol. The first-order chi connectivity index (χ1) is 13.2. The number of carbonyl (C=O) groups excluding carboxylic acids is 1. The van der Waals surface area contributed by atoms with Gasteiger partial charge in [-0.25, -0.2) is 0 Å². The van der Waals surface area contributed by atoms with Gasteiger partial charge < -0.3 is 9.84 Å². The van der Waals surface area contributed by atoms with E-state index in [2.05, 4.69) is 50.1 Å². The second-order valence-electron chi connectivity index (χ2n) is 8.42. The van der Waals surface area contributed by atoms with Gasteiger partial charge in [0.15, 0.2) is 0 Å². The van der Waals surface area contributed by atoms with Crippen molar-refractivity contribution in [3.63, 3.8) is 0 Å². The lowest BCUT2D eigenvalue weighted by Crippen LogP contribution is -2.30. The molecule has 0 bridgehead atoms. The van der Waals surface area contributed by atoms with Crippen LogP contribution in [0.3, 0.4) is 0 Å². The van der Waals surface area contributed by atoms with E-state index in [-0.39, 0.29) is 17.4 Å². The van der Waals surface area contributed by atoms with E-state index in [9.17, 15) is 4.79 Å². The van der Waals surface area contributed by atoms with Crippen molar-refractivity contribution in [3.05, 3.63) is 58.8 Å². The highest BCUT2D eigenvalue weighted by molar-refractivity contribution is 7.13. The maximum atomic E-state index is 12.8. The first-order valence-electron chi connectivity index (χ1n) is 9.53. The third-order valence-corrected chi connectivity index (χ3v) is 5.37. The summed E-state index contributed by atoms with van der Waals surface area (Å²) in [5.41, 5.74) is 1.87. The minimum absolute atomic E-state index is 0.0527. The third-order valence-electron chi connectivity index (χ3n) is 4.51. The molecule has 5 nitrogen and oxygen atoms in total. The summed E-state index contributed by atoms with van der Waals surface area (Å²) in [5.74, 6) is 1.23. The summed E-state index contributed by atoms with van der Waals surface area (Å²) in [4.78, 5) is 18.3. The fourth-order valence-electron chi connectivity index (χ4n) is 2.94. The predicted octanol–water partition coefficient (Wildman–Crippen LogP) is 5.61. The molecule has 0 saturated heterocycles. The number of nitrogens with zero attached hydrogens (tertiary/aromatic N) is 2. The second kappa shape index (κ2) is 8.27. The minimum Gasteiger partial charge on any atom is -0.340 e. The molecule has 0 spiro atoms. The van der Waals surface area contributed by atoms with Crippen LogP contribution in [0.5, 0.6) is 0 Å². The Hall–Kier alpha value is -2.47. The number of hydrogen-bond donors (Lipinski definition) is 1. The number of rotatable bonds is 6. The lowest BCUT2D eigenvalue weighted by atomic mass is 9.86. The van der Waals surface area contributed by atoms with Crippen LogP contribution in [0.15, 0.2) is 46.3 Å². The Labute approximate surface area is 170 Å². The maximum Gasteiger partial charge on any atom is 0.251 e. The molecule has 28 heavy (non-hydrogen) atoms. The van der Waals surface area contributed by atoms with E-state index >= 15 is 0 Å². The molecule has 3 aromatic rings. The van der Waals surface area contributed by atoms with Gasteiger partial charge in [0.05, 0.1) is 4.88 Å². The van der Waals surface area contributed by atoms with Crippen LogP contribution in [0.25, 0.3) is 10.7 Å². The summed E-state index contributed by atoms with van der Waals surface area (Å²) in [6.45, 7) is 10.7. The fourth-order valence-corrected chi connectivity index (χ4v) is 3.59. The summed E-state index contributed by atoms with van der Waals surface area (Å²) in [6, 6.07) is 11.3. The first kappa shape index (κ1) is 20.3. The Morgan fingerprint density at radius 1 is 1.18 bits per heavy atom. The second-order valence-corrected chi connectivity index (χ2v) is 9.36. The SMILES string of the molecule is CC(C)CC(NC(=O)c1ccc(C(C)(C)C)cc1)c1nc(-c2cccs2)no1. The number of carbonyl (C=O) groups is 1. The zero-order chi connectivity index (χ0) is 20.3. The number of amides is 1. The van der Waals surface area contributed by atoms with Crippen LogP contribution in [-0.4, -0.2) is 16.0 Å². The van der Waals surface area contributed by atoms with Crippen LogP contribution in [0.2, 0.25) is 0 Å². The molecule has 148 valence electrons. The average molecular weight is 398 g/mol. The van der Waals surface area contributed by atoms with Crippen LogP contribution < -0.4 is 5.32 Å². The molecule has 1 N–H and O–H groups in total. The van der Waals surface area contributed by atoms with E-state index in [1.54, 1.807) is 11.3 Å². The van der Waals surface area contributed by atoms with Gasteiger partial charge in [0.1, 0.15) is 6.04 Å². The zero-order valence-corrected chi connectivity index (χ0v) is 17.8. The number of nitrogens with one attached hydrogen (secondary N) is 1. The molecule has 6 heteroatoms. The van der Waals surface area contributed by atoms with Gasteiger partial charge in [-0.15, -0.1) is 11.3 Å². The first-order valence-corrected chi connectivity index (χ1v) is 10.4. The van der Waals surface area contributed by atoms with E-state index in [1.807, 2.05) is 41.8 Å². The highest BCUT2D eigenvalue weighted by atomic mass is 32.1. The predicted molar refractivity (Wildman–Crippen MR) is 112 cm³/mol. The summed E-state index contributed by atoms with van der Waals surface area (Å²) < 4.78 is 5.48. The van der Waals surface area contributed by atoms with Gasteiger partial charge in [-0.1, -0.05) is 58.0 Å². The quantitative estimate of drug-likeness (QED) is 0.587. The zero-order valence-electron chi connectivity index (χ0n) is 17.0. The Balaban J connectivity index is 1.78. The van der Waals surface area contributed by atoms with Crippen molar-refractivity contribution < 1.29 is 9.32 Å². The summed E-state index contributed by atoms with van der Waals surface area (Å²) in [7, 11) is 0. The van der Waals surface area contributed by atoms with Crippen molar-refractivity contribution in [3.8, 4) is 10.7 Å². The van der Waals surface area contributed by atoms with Crippen LogP contribution in [0.4, 0.5) is 0 Å². The van der Waals surface area contributed by atoms with Crippen LogP contribution >= 0.6 is 11.3 Å². The van der Waals surface area contributed by atoms with Gasteiger partial charge >= 0.3 is 0 Å². The third kappa shape index (κ3) is 4.87. The average Bonchev–Trinajstić information content (AvgIpc) is 3.31. The monoisotopic (exact) mass is 397 g/mol. The van der Waals surface area contributed by atoms with Gasteiger partial charge in [-0.3, -0.25) is 4.79 Å². The van der Waals surface area contributed by atoms with Gasteiger partial charge in [0.25, 0.3) is 5.91 Å². The van der Waals surface area contributed by atoms with E-state index < -0.39 is 0 Å². The van der Waals surface area contributed by atoms with Crippen molar-refractivity contribution in [2.45, 2.75) is 52.5 Å². The Morgan fingerprint density at radius 2 is 1.89 bits per heavy atom. The smallest absolute Gasteiger partial charge is 0.251 e. The van der Waals surface area contributed by atoms with Crippen molar-refractivity contribution in [1.82, 2.24) is 15.5 Å². The molecule has 0 aliphatic carbocycles. The van der Waals surface area contributed by atoms with E-state index in [0.717, 1.165) is 11.3 Å². The maximum absolute atomic E-state index is 12.8. The molecule has 0 aliphatic rings. The molecule has 2 aromatic heterocycles. The molecule has 1 amide bonds. The molecule has 0 aliphatic heterocycles. The standard InChI is InChI=1S/C22H27N3O2S/c1-14(2)13-17(21-24-19(25-27-21)18-7-6-12-28-18)23-20(26)15-8-10-16(11-9-15)22(3,4)5/h6-12,14,17H,13H2,1-5H3,(H,23,26). The number of aromatic nitrogens is 2. The summed E-state index contributed by atoms with van der Waals surface area (Å²) >= 11 is 1.56.